The van der Waals surface area contributed by atoms with E-state index in [4.69, 9.17) is 23.2 Å². The van der Waals surface area contributed by atoms with Crippen molar-refractivity contribution < 1.29 is 4.39 Å². The number of rotatable bonds is 2. The maximum atomic E-state index is 13.7. The number of nitrogens with zero attached hydrogens (tertiary/aromatic N) is 1. The van der Waals surface area contributed by atoms with Crippen LogP contribution in [-0.4, -0.2) is 4.57 Å². The number of hydrogen-bond donors (Lipinski definition) is 0. The largest absolute Gasteiger partial charge is 0.343 e. The van der Waals surface area contributed by atoms with Crippen molar-refractivity contribution in [1.82, 2.24) is 4.57 Å². The van der Waals surface area contributed by atoms with E-state index in [0.717, 1.165) is 10.9 Å². The molecular weight excluding hydrogens is 284 g/mol. The smallest absolute Gasteiger partial charge is 0.128 e. The van der Waals surface area contributed by atoms with Crippen LogP contribution in [0.3, 0.4) is 0 Å². The second-order valence-electron chi connectivity index (χ2n) is 4.38. The Morgan fingerprint density at radius 3 is 2.53 bits per heavy atom. The monoisotopic (exact) mass is 293 g/mol. The Morgan fingerprint density at radius 1 is 0.947 bits per heavy atom. The Balaban J connectivity index is 2.05. The Bertz CT molecular complexity index is 749. The second-order valence-corrected chi connectivity index (χ2v) is 5.26. The molecule has 0 bridgehead atoms. The molecular formula is C15H10Cl2FN. The first-order chi connectivity index (χ1) is 9.13. The van der Waals surface area contributed by atoms with Crippen molar-refractivity contribution in [1.29, 1.82) is 0 Å². The van der Waals surface area contributed by atoms with Gasteiger partial charge in [-0.15, -0.1) is 0 Å². The summed E-state index contributed by atoms with van der Waals surface area (Å²) in [5.41, 5.74) is 1.54. The van der Waals surface area contributed by atoms with Gasteiger partial charge in [-0.25, -0.2) is 4.39 Å². The molecule has 3 rings (SSSR count). The van der Waals surface area contributed by atoms with Gasteiger partial charge >= 0.3 is 0 Å². The molecule has 0 radical (unpaired) electrons. The first kappa shape index (κ1) is 12.5. The summed E-state index contributed by atoms with van der Waals surface area (Å²) in [6.45, 7) is 0.427. The minimum atomic E-state index is -0.256. The van der Waals surface area contributed by atoms with Gasteiger partial charge in [-0.1, -0.05) is 29.3 Å². The number of fused-ring (bicyclic) bond motifs is 1. The molecule has 1 nitrogen and oxygen atoms in total. The van der Waals surface area contributed by atoms with Crippen molar-refractivity contribution in [2.45, 2.75) is 6.54 Å². The van der Waals surface area contributed by atoms with Gasteiger partial charge in [-0.05, 0) is 41.8 Å². The molecule has 2 aromatic carbocycles. The van der Waals surface area contributed by atoms with E-state index in [-0.39, 0.29) is 5.82 Å². The SMILES string of the molecule is Fc1ccc(Cl)cc1Cn1ccc2ccc(Cl)cc21. The molecule has 0 atom stereocenters. The maximum Gasteiger partial charge on any atom is 0.128 e. The van der Waals surface area contributed by atoms with Crippen molar-refractivity contribution in [3.63, 3.8) is 0 Å². The van der Waals surface area contributed by atoms with Crippen LogP contribution in [0, 0.1) is 5.82 Å². The van der Waals surface area contributed by atoms with Crippen LogP contribution in [-0.2, 0) is 6.54 Å². The fourth-order valence-corrected chi connectivity index (χ4v) is 2.50. The van der Waals surface area contributed by atoms with Crippen molar-refractivity contribution in [3.8, 4) is 0 Å². The lowest BCUT2D eigenvalue weighted by atomic mass is 10.2. The third-order valence-electron chi connectivity index (χ3n) is 3.08. The molecule has 19 heavy (non-hydrogen) atoms. The molecule has 0 fully saturated rings. The van der Waals surface area contributed by atoms with E-state index < -0.39 is 0 Å². The number of benzene rings is 2. The van der Waals surface area contributed by atoms with Crippen LogP contribution in [0.4, 0.5) is 4.39 Å². The number of aromatic nitrogens is 1. The van der Waals surface area contributed by atoms with Gasteiger partial charge < -0.3 is 4.57 Å². The summed E-state index contributed by atoms with van der Waals surface area (Å²) < 4.78 is 15.7. The van der Waals surface area contributed by atoms with Gasteiger partial charge in [0, 0.05) is 27.3 Å². The molecule has 0 aliphatic carbocycles. The topological polar surface area (TPSA) is 4.93 Å². The lowest BCUT2D eigenvalue weighted by Gasteiger charge is -2.07. The van der Waals surface area contributed by atoms with Crippen LogP contribution in [0.15, 0.2) is 48.7 Å². The molecule has 0 amide bonds. The maximum absolute atomic E-state index is 13.7. The molecule has 1 aromatic heterocycles. The summed E-state index contributed by atoms with van der Waals surface area (Å²) in [7, 11) is 0. The van der Waals surface area contributed by atoms with Gasteiger partial charge in [0.15, 0.2) is 0 Å². The van der Waals surface area contributed by atoms with Gasteiger partial charge in [-0.3, -0.25) is 0 Å². The lowest BCUT2D eigenvalue weighted by Crippen LogP contribution is -2.00. The molecule has 0 saturated heterocycles. The highest BCUT2D eigenvalue weighted by Gasteiger charge is 2.07. The molecule has 96 valence electrons. The Morgan fingerprint density at radius 2 is 1.68 bits per heavy atom. The molecule has 1 heterocycles. The molecule has 3 aromatic rings. The van der Waals surface area contributed by atoms with Crippen LogP contribution in [0.5, 0.6) is 0 Å². The van der Waals surface area contributed by atoms with Crippen molar-refractivity contribution in [3.05, 3.63) is 70.1 Å². The zero-order valence-electron chi connectivity index (χ0n) is 9.91. The highest BCUT2D eigenvalue weighted by atomic mass is 35.5. The van der Waals surface area contributed by atoms with E-state index in [1.54, 1.807) is 12.1 Å². The van der Waals surface area contributed by atoms with Gasteiger partial charge in [-0.2, -0.15) is 0 Å². The highest BCUT2D eigenvalue weighted by molar-refractivity contribution is 6.31. The van der Waals surface area contributed by atoms with Crippen molar-refractivity contribution >= 4 is 34.1 Å². The van der Waals surface area contributed by atoms with Crippen LogP contribution in [0.25, 0.3) is 10.9 Å². The first-order valence-electron chi connectivity index (χ1n) is 5.82. The minimum Gasteiger partial charge on any atom is -0.343 e. The average Bonchev–Trinajstić information content (AvgIpc) is 2.77. The Hall–Kier alpha value is -1.51. The van der Waals surface area contributed by atoms with E-state index >= 15 is 0 Å². The van der Waals surface area contributed by atoms with E-state index in [0.29, 0.717) is 22.2 Å². The molecule has 0 aliphatic heterocycles. The highest BCUT2D eigenvalue weighted by Crippen LogP contribution is 2.23. The van der Waals surface area contributed by atoms with Gasteiger partial charge in [0.05, 0.1) is 6.54 Å². The molecule has 0 spiro atoms. The fourth-order valence-electron chi connectivity index (χ4n) is 2.14. The van der Waals surface area contributed by atoms with Gasteiger partial charge in [0.2, 0.25) is 0 Å². The van der Waals surface area contributed by atoms with Crippen LogP contribution in [0.1, 0.15) is 5.56 Å². The van der Waals surface area contributed by atoms with Crippen molar-refractivity contribution in [2.24, 2.45) is 0 Å². The summed E-state index contributed by atoms with van der Waals surface area (Å²) in [6.07, 6.45) is 1.92. The quantitative estimate of drug-likeness (QED) is 0.617. The first-order valence-corrected chi connectivity index (χ1v) is 6.57. The zero-order valence-corrected chi connectivity index (χ0v) is 11.4. The second kappa shape index (κ2) is 4.87. The predicted molar refractivity (Wildman–Crippen MR) is 77.5 cm³/mol. The zero-order chi connectivity index (χ0) is 13.4. The van der Waals surface area contributed by atoms with Crippen LogP contribution >= 0.6 is 23.2 Å². The van der Waals surface area contributed by atoms with E-state index in [2.05, 4.69) is 0 Å². The van der Waals surface area contributed by atoms with Crippen LogP contribution in [0.2, 0.25) is 10.0 Å². The molecule has 0 unspecified atom stereocenters. The summed E-state index contributed by atoms with van der Waals surface area (Å²) in [5.74, 6) is -0.256. The lowest BCUT2D eigenvalue weighted by molar-refractivity contribution is 0.602. The fraction of sp³-hybridized carbons (Fsp3) is 0.0667. The van der Waals surface area contributed by atoms with Gasteiger partial charge in [0.1, 0.15) is 5.82 Å². The third kappa shape index (κ3) is 2.46. The molecule has 0 N–H and O–H groups in total. The summed E-state index contributed by atoms with van der Waals surface area (Å²) >= 11 is 11.9. The van der Waals surface area contributed by atoms with E-state index in [1.165, 1.54) is 6.07 Å². The van der Waals surface area contributed by atoms with Crippen molar-refractivity contribution in [2.75, 3.05) is 0 Å². The normalized spacial score (nSPS) is 11.1. The molecule has 0 aliphatic rings. The van der Waals surface area contributed by atoms with Gasteiger partial charge in [0.25, 0.3) is 0 Å². The van der Waals surface area contributed by atoms with E-state index in [1.807, 2.05) is 35.0 Å². The Labute approximate surface area is 120 Å². The van der Waals surface area contributed by atoms with Crippen LogP contribution < -0.4 is 0 Å². The molecule has 0 saturated carbocycles. The third-order valence-corrected chi connectivity index (χ3v) is 3.55. The standard InChI is InChI=1S/C15H10Cl2FN/c16-12-3-4-14(18)11(7-12)9-19-6-5-10-1-2-13(17)8-15(10)19/h1-8H,9H2. The Kier molecular flexibility index (Phi) is 3.21. The number of hydrogen-bond acceptors (Lipinski definition) is 0. The minimum absolute atomic E-state index is 0.256. The summed E-state index contributed by atoms with van der Waals surface area (Å²) in [6, 6.07) is 12.2. The average molecular weight is 294 g/mol. The summed E-state index contributed by atoms with van der Waals surface area (Å²) in [4.78, 5) is 0. The predicted octanol–water partition coefficient (Wildman–Crippen LogP) is 5.14. The summed E-state index contributed by atoms with van der Waals surface area (Å²) in [5, 5.41) is 2.27. The molecule has 4 heteroatoms. The van der Waals surface area contributed by atoms with E-state index in [9.17, 15) is 4.39 Å². The number of halogens is 3.